The topological polar surface area (TPSA) is 173 Å². The van der Waals surface area contributed by atoms with Crippen molar-refractivity contribution in [2.75, 3.05) is 36.8 Å². The molecule has 2 saturated heterocycles. The molecule has 6 heterocycles. The average molecular weight is 940 g/mol. The monoisotopic (exact) mass is 939 g/mol. The standard InChI is InChI=1S/C50H48ClF2N11O4/c1-27-8-7-20-62(39(27)25-55-50-61-38-14-12-31(51)23-42(38)68-50)48(66)43-34(13-11-28(2)44(43)53)46-54-17-15-36(59-46)33-16-21-63(40(30(33)4)26-56-49-60-37-9-5-6-10-41(37)67-49)47(65)35-24-32(52)22-29(3)45(35)64-57-18-19-58-64/h5-6,9-15,17-19,22-24,27,30,33,39-40H,7-8,16,20-21,25-26H2,1-4H3,(H,55,61)(H,56,60). The minimum Gasteiger partial charge on any atom is -0.424 e. The lowest BCUT2D eigenvalue weighted by Crippen LogP contribution is -2.53. The number of benzene rings is 4. The number of hydrogen-bond donors (Lipinski definition) is 2. The number of likely N-dealkylation sites (tertiary alicyclic amines) is 2. The van der Waals surface area contributed by atoms with Crippen LogP contribution in [-0.2, 0) is 0 Å². The number of oxazole rings is 2. The number of nitrogens with one attached hydrogen (secondary N) is 2. The number of piperidine rings is 2. The average Bonchev–Trinajstić information content (AvgIpc) is 4.11. The van der Waals surface area contributed by atoms with Gasteiger partial charge in [-0.15, -0.1) is 0 Å². The predicted octanol–water partition coefficient (Wildman–Crippen LogP) is 9.65. The smallest absolute Gasteiger partial charge is 0.295 e. The van der Waals surface area contributed by atoms with Gasteiger partial charge in [0, 0.05) is 60.6 Å². The number of fused-ring (bicyclic) bond motifs is 2. The molecule has 0 saturated carbocycles. The zero-order chi connectivity index (χ0) is 47.2. The minimum atomic E-state index is -0.634. The van der Waals surface area contributed by atoms with Gasteiger partial charge in [-0.3, -0.25) is 9.59 Å². The van der Waals surface area contributed by atoms with Gasteiger partial charge in [-0.05, 0) is 105 Å². The van der Waals surface area contributed by atoms with Crippen LogP contribution in [0.3, 0.4) is 0 Å². The molecule has 0 spiro atoms. The lowest BCUT2D eigenvalue weighted by atomic mass is 9.78. The van der Waals surface area contributed by atoms with E-state index >= 15 is 8.78 Å². The fraction of sp³-hybridized carbons (Fsp3) is 0.320. The fourth-order valence-electron chi connectivity index (χ4n) is 9.92. The summed E-state index contributed by atoms with van der Waals surface area (Å²) in [6, 6.07) is 20.2. The third kappa shape index (κ3) is 8.50. The summed E-state index contributed by atoms with van der Waals surface area (Å²) in [4.78, 5) is 53.4. The predicted molar refractivity (Wildman–Crippen MR) is 253 cm³/mol. The Labute approximate surface area is 394 Å². The van der Waals surface area contributed by atoms with E-state index in [9.17, 15) is 9.59 Å². The van der Waals surface area contributed by atoms with E-state index in [2.05, 4.69) is 42.7 Å². The molecule has 2 aliphatic rings. The molecule has 2 fully saturated rings. The highest BCUT2D eigenvalue weighted by molar-refractivity contribution is 6.31. The van der Waals surface area contributed by atoms with Crippen molar-refractivity contribution in [2.45, 2.75) is 65.0 Å². The number of aryl methyl sites for hydroxylation is 2. The normalized spacial score (nSPS) is 19.7. The Morgan fingerprint density at radius 3 is 2.26 bits per heavy atom. The third-order valence-corrected chi connectivity index (χ3v) is 13.7. The summed E-state index contributed by atoms with van der Waals surface area (Å²) < 4.78 is 43.7. The number of anilines is 2. The Kier molecular flexibility index (Phi) is 12.1. The van der Waals surface area contributed by atoms with Crippen molar-refractivity contribution in [3.63, 3.8) is 0 Å². The third-order valence-electron chi connectivity index (χ3n) is 13.5. The maximum Gasteiger partial charge on any atom is 0.295 e. The number of aromatic nitrogens is 7. The van der Waals surface area contributed by atoms with Gasteiger partial charge in [-0.25, -0.2) is 18.7 Å². The van der Waals surface area contributed by atoms with Gasteiger partial charge in [0.15, 0.2) is 17.0 Å². The van der Waals surface area contributed by atoms with Crippen LogP contribution >= 0.6 is 11.6 Å². The second kappa shape index (κ2) is 18.4. The molecule has 2 aliphatic heterocycles. The Balaban J connectivity index is 0.956. The van der Waals surface area contributed by atoms with Crippen molar-refractivity contribution in [3.05, 3.63) is 136 Å². The number of carbonyl (C=O) groups excluding carboxylic acids is 2. The van der Waals surface area contributed by atoms with Crippen molar-refractivity contribution in [1.29, 1.82) is 0 Å². The maximum absolute atomic E-state index is 16.6. The van der Waals surface area contributed by atoms with Crippen LogP contribution in [-0.4, -0.2) is 94.8 Å². The van der Waals surface area contributed by atoms with Crippen molar-refractivity contribution >= 4 is 57.6 Å². The van der Waals surface area contributed by atoms with Crippen molar-refractivity contribution in [3.8, 4) is 17.1 Å². The van der Waals surface area contributed by atoms with E-state index in [4.69, 9.17) is 25.4 Å². The van der Waals surface area contributed by atoms with E-state index in [1.165, 1.54) is 29.3 Å². The molecule has 15 nitrogen and oxygen atoms in total. The van der Waals surface area contributed by atoms with E-state index in [-0.39, 0.29) is 65.4 Å². The summed E-state index contributed by atoms with van der Waals surface area (Å²) in [7, 11) is 0. The number of amides is 2. The molecule has 5 unspecified atom stereocenters. The molecule has 4 aromatic carbocycles. The molecule has 2 amide bonds. The molecule has 68 heavy (non-hydrogen) atoms. The van der Waals surface area contributed by atoms with Gasteiger partial charge in [0.05, 0.1) is 35.6 Å². The van der Waals surface area contributed by atoms with Crippen LogP contribution in [0.5, 0.6) is 0 Å². The van der Waals surface area contributed by atoms with Gasteiger partial charge < -0.3 is 29.3 Å². The largest absolute Gasteiger partial charge is 0.424 e. The number of nitrogens with zero attached hydrogens (tertiary/aromatic N) is 9. The molecule has 10 rings (SSSR count). The van der Waals surface area contributed by atoms with E-state index in [0.29, 0.717) is 75.3 Å². The molecular weight excluding hydrogens is 892 g/mol. The molecule has 348 valence electrons. The lowest BCUT2D eigenvalue weighted by molar-refractivity contribution is 0.0491. The van der Waals surface area contributed by atoms with Gasteiger partial charge in [0.1, 0.15) is 28.4 Å². The van der Waals surface area contributed by atoms with Crippen molar-refractivity contribution in [1.82, 2.24) is 44.7 Å². The van der Waals surface area contributed by atoms with Gasteiger partial charge >= 0.3 is 0 Å². The number of carbonyl (C=O) groups is 2. The van der Waals surface area contributed by atoms with Crippen LogP contribution in [0.4, 0.5) is 20.8 Å². The van der Waals surface area contributed by atoms with Crippen LogP contribution in [0.25, 0.3) is 39.3 Å². The number of hydrogen-bond acceptors (Lipinski definition) is 12. The summed E-state index contributed by atoms with van der Waals surface area (Å²) in [6.45, 7) is 8.73. The quantitative estimate of drug-likeness (QED) is 0.126. The van der Waals surface area contributed by atoms with Crippen LogP contribution in [0.1, 0.15) is 76.6 Å². The van der Waals surface area contributed by atoms with Gasteiger partial charge in [-0.1, -0.05) is 43.6 Å². The SMILES string of the molecule is Cc1ccc(-c2nccc(C3CCN(C(=O)c4cc(F)cc(C)c4-n4nccn4)C(CNc4nc5ccccc5o4)C3C)n2)c(C(=O)N2CCCC(C)C2CNc2nc3ccc(Cl)cc3o2)c1F. The summed E-state index contributed by atoms with van der Waals surface area (Å²) >= 11 is 6.18. The molecule has 0 radical (unpaired) electrons. The number of para-hydroxylation sites is 2. The minimum absolute atomic E-state index is 0.0815. The molecule has 0 aliphatic carbocycles. The van der Waals surface area contributed by atoms with Crippen LogP contribution in [0.2, 0.25) is 5.02 Å². The molecule has 4 aromatic heterocycles. The zero-order valence-corrected chi connectivity index (χ0v) is 38.5. The Hall–Kier alpha value is -7.27. The van der Waals surface area contributed by atoms with E-state index in [1.807, 2.05) is 37.3 Å². The number of rotatable bonds is 11. The Morgan fingerprint density at radius 1 is 0.765 bits per heavy atom. The zero-order valence-electron chi connectivity index (χ0n) is 37.8. The first-order valence-electron chi connectivity index (χ1n) is 22.7. The van der Waals surface area contributed by atoms with E-state index < -0.39 is 29.5 Å². The Bertz CT molecular complexity index is 3150. The van der Waals surface area contributed by atoms with Crippen LogP contribution in [0, 0.1) is 37.3 Å². The second-order valence-corrected chi connectivity index (χ2v) is 18.2. The first-order valence-corrected chi connectivity index (χ1v) is 23.1. The summed E-state index contributed by atoms with van der Waals surface area (Å²) in [6.07, 6.45) is 6.74. The summed E-state index contributed by atoms with van der Waals surface area (Å²) in [5, 5.41) is 15.7. The fourth-order valence-corrected chi connectivity index (χ4v) is 10.1. The molecule has 8 aromatic rings. The number of halogens is 3. The highest BCUT2D eigenvalue weighted by Crippen LogP contribution is 2.39. The summed E-state index contributed by atoms with van der Waals surface area (Å²) in [5.74, 6) is -2.25. The summed E-state index contributed by atoms with van der Waals surface area (Å²) in [5.41, 5.74) is 4.63. The highest BCUT2D eigenvalue weighted by Gasteiger charge is 2.41. The molecule has 18 heteroatoms. The molecular formula is C50H48ClF2N11O4. The van der Waals surface area contributed by atoms with Crippen LogP contribution < -0.4 is 10.6 Å². The van der Waals surface area contributed by atoms with Gasteiger partial charge in [0.25, 0.3) is 23.8 Å². The first-order chi connectivity index (χ1) is 32.9. The van der Waals surface area contributed by atoms with Crippen molar-refractivity contribution in [2.24, 2.45) is 11.8 Å². The maximum atomic E-state index is 16.6. The highest BCUT2D eigenvalue weighted by atomic mass is 35.5. The molecule has 5 atom stereocenters. The van der Waals surface area contributed by atoms with E-state index in [1.54, 1.807) is 60.2 Å². The van der Waals surface area contributed by atoms with Gasteiger partial charge in [0.2, 0.25) is 0 Å². The van der Waals surface area contributed by atoms with Gasteiger partial charge in [-0.2, -0.15) is 25.0 Å². The Morgan fingerprint density at radius 2 is 1.49 bits per heavy atom. The second-order valence-electron chi connectivity index (χ2n) is 17.7. The van der Waals surface area contributed by atoms with E-state index in [0.717, 1.165) is 12.8 Å². The molecule has 0 bridgehead atoms. The lowest BCUT2D eigenvalue weighted by Gasteiger charge is -2.44. The van der Waals surface area contributed by atoms with Crippen molar-refractivity contribution < 1.29 is 27.2 Å². The first kappa shape index (κ1) is 44.6. The molecule has 2 N–H and O–H groups in total. The van der Waals surface area contributed by atoms with Crippen LogP contribution in [0.15, 0.2) is 100 Å².